The highest BCUT2D eigenvalue weighted by Crippen LogP contribution is 2.76. The van der Waals surface area contributed by atoms with E-state index in [1.807, 2.05) is 61.0 Å². The predicted octanol–water partition coefficient (Wildman–Crippen LogP) is 10.1. The molecule has 0 N–H and O–H groups in total. The van der Waals surface area contributed by atoms with Crippen molar-refractivity contribution < 1.29 is 9.47 Å². The Morgan fingerprint density at radius 1 is 0.545 bits per heavy atom. The van der Waals surface area contributed by atoms with Crippen LogP contribution < -0.4 is 9.47 Å². The first-order valence-corrected chi connectivity index (χ1v) is 15.9. The maximum Gasteiger partial charge on any atom is 0.292 e. The van der Waals surface area contributed by atoms with E-state index < -0.39 is 0 Å². The molecule has 0 spiro atoms. The Bertz CT molecular complexity index is 1640. The number of hydrogen-bond acceptors (Lipinski definition) is 4. The zero-order valence-electron chi connectivity index (χ0n) is 25.6. The molecule has 4 heteroatoms. The average Bonchev–Trinajstić information content (AvgIpc) is 3.05. The smallest absolute Gasteiger partial charge is 0.292 e. The molecule has 4 aromatic rings. The van der Waals surface area contributed by atoms with Crippen LogP contribution in [0.15, 0.2) is 97.1 Å². The summed E-state index contributed by atoms with van der Waals surface area (Å²) in [5.41, 5.74) is 7.38. The van der Waals surface area contributed by atoms with Crippen LogP contribution in [-0.4, -0.2) is 0 Å². The molecule has 4 fully saturated rings. The summed E-state index contributed by atoms with van der Waals surface area (Å²) in [7, 11) is 0. The van der Waals surface area contributed by atoms with Crippen molar-refractivity contribution in [1.29, 1.82) is 10.5 Å². The molecule has 0 aromatic heterocycles. The number of ether oxygens (including phenoxy) is 2. The van der Waals surface area contributed by atoms with Gasteiger partial charge in [0.15, 0.2) is 0 Å². The molecule has 0 radical (unpaired) electrons. The second-order valence-electron chi connectivity index (χ2n) is 13.9. The molecule has 4 nitrogen and oxygen atoms in total. The Morgan fingerprint density at radius 2 is 0.955 bits per heavy atom. The molecular formula is C40H38N2O2. The van der Waals surface area contributed by atoms with Crippen molar-refractivity contribution in [3.63, 3.8) is 0 Å². The molecule has 44 heavy (non-hydrogen) atoms. The van der Waals surface area contributed by atoms with Crippen molar-refractivity contribution in [2.45, 2.75) is 76.0 Å². The molecule has 4 saturated carbocycles. The van der Waals surface area contributed by atoms with Crippen molar-refractivity contribution >= 4 is 0 Å². The number of hydrogen-bond donors (Lipinski definition) is 0. The molecule has 8 rings (SSSR count). The molecule has 4 aliphatic rings. The van der Waals surface area contributed by atoms with Crippen molar-refractivity contribution in [3.8, 4) is 46.3 Å². The molecule has 0 amide bonds. The minimum absolute atomic E-state index is 0.0181. The van der Waals surface area contributed by atoms with E-state index in [9.17, 15) is 10.5 Å². The average molecular weight is 579 g/mol. The first-order valence-electron chi connectivity index (χ1n) is 15.9. The number of rotatable bonds is 8. The van der Waals surface area contributed by atoms with Crippen molar-refractivity contribution in [2.75, 3.05) is 0 Å². The Hall–Kier alpha value is -4.54. The normalized spacial score (nSPS) is 28.2. The molecule has 4 bridgehead atoms. The van der Waals surface area contributed by atoms with Crippen LogP contribution in [0.25, 0.3) is 22.3 Å². The van der Waals surface area contributed by atoms with Gasteiger partial charge in [-0.1, -0.05) is 99.5 Å². The van der Waals surface area contributed by atoms with Crippen LogP contribution in [0.3, 0.4) is 0 Å². The number of nitriles is 2. The lowest BCUT2D eigenvalue weighted by molar-refractivity contribution is -0.145. The van der Waals surface area contributed by atoms with Crippen LogP contribution in [0, 0.1) is 33.9 Å². The summed E-state index contributed by atoms with van der Waals surface area (Å²) in [5, 5.41) is 18.9. The minimum atomic E-state index is 0.0181. The van der Waals surface area contributed by atoms with Gasteiger partial charge < -0.3 is 9.47 Å². The molecular weight excluding hydrogens is 540 g/mol. The molecule has 0 unspecified atom stereocenters. The monoisotopic (exact) mass is 578 g/mol. The summed E-state index contributed by atoms with van der Waals surface area (Å²) in [6.07, 6.45) is 13.3. The lowest BCUT2D eigenvalue weighted by atomic mass is 9.33. The van der Waals surface area contributed by atoms with Gasteiger partial charge in [-0.3, -0.25) is 0 Å². The Labute approximate surface area is 260 Å². The van der Waals surface area contributed by atoms with Gasteiger partial charge in [0.2, 0.25) is 0 Å². The summed E-state index contributed by atoms with van der Waals surface area (Å²) < 4.78 is 11.0. The Morgan fingerprint density at radius 3 is 1.32 bits per heavy atom. The molecule has 0 atom stereocenters. The van der Waals surface area contributed by atoms with Gasteiger partial charge in [0.1, 0.15) is 11.5 Å². The molecule has 0 aliphatic heterocycles. The maximum atomic E-state index is 9.44. The van der Waals surface area contributed by atoms with Gasteiger partial charge in [-0.15, -0.1) is 10.5 Å². The van der Waals surface area contributed by atoms with E-state index in [0.29, 0.717) is 11.5 Å². The Kier molecular flexibility index (Phi) is 6.78. The van der Waals surface area contributed by atoms with E-state index in [2.05, 4.69) is 62.4 Å². The van der Waals surface area contributed by atoms with Crippen LogP contribution >= 0.6 is 0 Å². The van der Waals surface area contributed by atoms with Crippen LogP contribution in [-0.2, 0) is 10.8 Å². The zero-order valence-corrected chi connectivity index (χ0v) is 25.6. The molecule has 0 saturated heterocycles. The summed E-state index contributed by atoms with van der Waals surface area (Å²) in [6, 6.07) is 33.8. The van der Waals surface area contributed by atoms with E-state index in [1.54, 1.807) is 0 Å². The zero-order chi connectivity index (χ0) is 30.4. The van der Waals surface area contributed by atoms with Crippen LogP contribution in [0.1, 0.15) is 76.3 Å². The first-order chi connectivity index (χ1) is 21.4. The topological polar surface area (TPSA) is 66.0 Å². The van der Waals surface area contributed by atoms with E-state index in [4.69, 9.17) is 9.47 Å². The van der Waals surface area contributed by atoms with E-state index in [0.717, 1.165) is 28.7 Å². The largest absolute Gasteiger partial charge is 0.387 e. The standard InChI is InChI=1S/C40H38N2O2/c1-3-37-21-38(4-2)24-39(22-37,31-15-17-35(43-27-41)33(19-31)29-11-7-5-8-12-29)26-40(23-37,25-38)32-16-18-36(44-28-42)34(20-32)30-13-9-6-10-14-30/h5-20H,3-4,21-26H2,1-2H3. The summed E-state index contributed by atoms with van der Waals surface area (Å²) in [4.78, 5) is 0. The van der Waals surface area contributed by atoms with Gasteiger partial charge in [-0.05, 0) is 107 Å². The highest BCUT2D eigenvalue weighted by molar-refractivity contribution is 5.73. The fraction of sp³-hybridized carbons (Fsp3) is 0.350. The van der Waals surface area contributed by atoms with E-state index in [-0.39, 0.29) is 21.7 Å². The third kappa shape index (κ3) is 4.48. The summed E-state index contributed by atoms with van der Waals surface area (Å²) in [5.74, 6) is 1.22. The second kappa shape index (κ2) is 10.6. The van der Waals surface area contributed by atoms with E-state index >= 15 is 0 Å². The van der Waals surface area contributed by atoms with Crippen LogP contribution in [0.4, 0.5) is 0 Å². The van der Waals surface area contributed by atoms with Gasteiger partial charge in [-0.25, -0.2) is 0 Å². The van der Waals surface area contributed by atoms with Crippen LogP contribution in [0.2, 0.25) is 0 Å². The predicted molar refractivity (Wildman–Crippen MR) is 173 cm³/mol. The third-order valence-corrected chi connectivity index (χ3v) is 11.4. The van der Waals surface area contributed by atoms with Crippen LogP contribution in [0.5, 0.6) is 11.5 Å². The summed E-state index contributed by atoms with van der Waals surface area (Å²) in [6.45, 7) is 4.80. The Balaban J connectivity index is 1.41. The number of benzene rings is 4. The van der Waals surface area contributed by atoms with Gasteiger partial charge >= 0.3 is 0 Å². The minimum Gasteiger partial charge on any atom is -0.387 e. The number of nitrogens with zero attached hydrogens (tertiary/aromatic N) is 2. The lowest BCUT2D eigenvalue weighted by Crippen LogP contribution is -2.64. The molecule has 4 aliphatic carbocycles. The van der Waals surface area contributed by atoms with Crippen molar-refractivity contribution in [2.24, 2.45) is 10.8 Å². The fourth-order valence-corrected chi connectivity index (χ4v) is 10.1. The molecule has 0 heterocycles. The first kappa shape index (κ1) is 28.2. The van der Waals surface area contributed by atoms with Crippen molar-refractivity contribution in [1.82, 2.24) is 0 Å². The highest BCUT2D eigenvalue weighted by atomic mass is 16.5. The van der Waals surface area contributed by atoms with Gasteiger partial charge in [0.25, 0.3) is 12.5 Å². The quantitative estimate of drug-likeness (QED) is 0.195. The van der Waals surface area contributed by atoms with Gasteiger partial charge in [0, 0.05) is 11.1 Å². The lowest BCUT2D eigenvalue weighted by Gasteiger charge is -2.71. The SMILES string of the molecule is CCC12CC3(CC)CC(c4ccc(OC#N)c(-c5ccccc5)c4)(C1)CC(c1ccc(OC#N)c(-c4ccccc4)c1)(C2)C3. The van der Waals surface area contributed by atoms with Crippen molar-refractivity contribution in [3.05, 3.63) is 108 Å². The molecule has 220 valence electrons. The third-order valence-electron chi connectivity index (χ3n) is 11.4. The second-order valence-corrected chi connectivity index (χ2v) is 13.9. The molecule has 4 aromatic carbocycles. The van der Waals surface area contributed by atoms with E-state index in [1.165, 1.54) is 56.1 Å². The van der Waals surface area contributed by atoms with Gasteiger partial charge in [0.05, 0.1) is 0 Å². The maximum absolute atomic E-state index is 9.44. The fourth-order valence-electron chi connectivity index (χ4n) is 10.1. The highest BCUT2D eigenvalue weighted by Gasteiger charge is 2.67. The van der Waals surface area contributed by atoms with Gasteiger partial charge in [-0.2, -0.15) is 0 Å². The summed E-state index contributed by atoms with van der Waals surface area (Å²) >= 11 is 0.